The number of hydrogen-bond donors (Lipinski definition) is 2. The molecule has 0 fully saturated rings. The van der Waals surface area contributed by atoms with E-state index < -0.39 is 0 Å². The largest absolute Gasteiger partial charge is 0.396 e. The molecule has 1 atom stereocenters. The van der Waals surface area contributed by atoms with Gasteiger partial charge in [0.15, 0.2) is 5.82 Å². The topological polar surface area (TPSA) is 85.1 Å². The lowest BCUT2D eigenvalue weighted by Gasteiger charge is -2.16. The van der Waals surface area contributed by atoms with Crippen molar-refractivity contribution >= 4 is 0 Å². The number of aliphatic hydroxyl groups excluding tert-OH is 1. The van der Waals surface area contributed by atoms with Gasteiger partial charge in [0.25, 0.3) is 0 Å². The summed E-state index contributed by atoms with van der Waals surface area (Å²) < 4.78 is 6.80. The van der Waals surface area contributed by atoms with E-state index in [1.807, 2.05) is 30.3 Å². The van der Waals surface area contributed by atoms with E-state index in [4.69, 9.17) is 9.84 Å². The molecule has 1 unspecified atom stereocenters. The van der Waals surface area contributed by atoms with Gasteiger partial charge in [0, 0.05) is 19.8 Å². The standard InChI is InChI=1S/C13H19N5O2/c1-20-10-11(7-8-19)14-9-13-15-16-17-18(13)12-5-3-2-4-6-12/h2-6,11,14,19H,7-10H2,1H3. The summed E-state index contributed by atoms with van der Waals surface area (Å²) in [6.45, 7) is 1.16. The van der Waals surface area contributed by atoms with E-state index in [2.05, 4.69) is 20.8 Å². The van der Waals surface area contributed by atoms with Crippen LogP contribution in [0.4, 0.5) is 0 Å². The summed E-state index contributed by atoms with van der Waals surface area (Å²) in [5.74, 6) is 0.718. The Balaban J connectivity index is 2.02. The zero-order valence-corrected chi connectivity index (χ0v) is 11.4. The van der Waals surface area contributed by atoms with Crippen molar-refractivity contribution in [2.75, 3.05) is 20.3 Å². The molecule has 0 spiro atoms. The summed E-state index contributed by atoms with van der Waals surface area (Å²) in [5, 5.41) is 24.0. The van der Waals surface area contributed by atoms with Crippen molar-refractivity contribution in [2.45, 2.75) is 19.0 Å². The second kappa shape index (κ2) is 7.68. The first-order valence-corrected chi connectivity index (χ1v) is 6.51. The van der Waals surface area contributed by atoms with Crippen LogP contribution in [-0.2, 0) is 11.3 Å². The Morgan fingerprint density at radius 2 is 2.15 bits per heavy atom. The van der Waals surface area contributed by atoms with Crippen molar-refractivity contribution in [1.82, 2.24) is 25.5 Å². The molecule has 0 bridgehead atoms. The van der Waals surface area contributed by atoms with Crippen molar-refractivity contribution in [3.8, 4) is 5.69 Å². The SMILES string of the molecule is COCC(CCO)NCc1nnnn1-c1ccccc1. The molecule has 0 saturated heterocycles. The molecule has 0 amide bonds. The maximum atomic E-state index is 9.01. The number of para-hydroxylation sites is 1. The summed E-state index contributed by atoms with van der Waals surface area (Å²) in [5.41, 5.74) is 0.916. The number of nitrogens with one attached hydrogen (secondary N) is 1. The van der Waals surface area contributed by atoms with E-state index in [0.717, 1.165) is 11.5 Å². The molecule has 2 rings (SSSR count). The summed E-state index contributed by atoms with van der Waals surface area (Å²) in [4.78, 5) is 0. The average molecular weight is 277 g/mol. The molecule has 108 valence electrons. The maximum absolute atomic E-state index is 9.01. The number of methoxy groups -OCH3 is 1. The first-order chi connectivity index (χ1) is 9.85. The van der Waals surface area contributed by atoms with Gasteiger partial charge < -0.3 is 15.2 Å². The minimum absolute atomic E-state index is 0.0749. The zero-order valence-electron chi connectivity index (χ0n) is 11.4. The van der Waals surface area contributed by atoms with Crippen LogP contribution in [0.15, 0.2) is 30.3 Å². The molecule has 1 aromatic carbocycles. The van der Waals surface area contributed by atoms with Crippen LogP contribution in [0, 0.1) is 0 Å². The number of rotatable bonds is 8. The summed E-state index contributed by atoms with van der Waals surface area (Å²) in [7, 11) is 1.64. The zero-order chi connectivity index (χ0) is 14.2. The lowest BCUT2D eigenvalue weighted by atomic mass is 10.2. The van der Waals surface area contributed by atoms with Crippen molar-refractivity contribution < 1.29 is 9.84 Å². The molecule has 1 heterocycles. The van der Waals surface area contributed by atoms with Crippen molar-refractivity contribution in [3.63, 3.8) is 0 Å². The van der Waals surface area contributed by atoms with Gasteiger partial charge in [0.2, 0.25) is 0 Å². The molecular weight excluding hydrogens is 258 g/mol. The minimum Gasteiger partial charge on any atom is -0.396 e. The van der Waals surface area contributed by atoms with Gasteiger partial charge in [-0.25, -0.2) is 0 Å². The highest BCUT2D eigenvalue weighted by Gasteiger charge is 2.11. The van der Waals surface area contributed by atoms with E-state index >= 15 is 0 Å². The Morgan fingerprint density at radius 1 is 1.35 bits per heavy atom. The number of aromatic nitrogens is 4. The molecule has 20 heavy (non-hydrogen) atoms. The van der Waals surface area contributed by atoms with Crippen LogP contribution >= 0.6 is 0 Å². The monoisotopic (exact) mass is 277 g/mol. The molecule has 0 aliphatic carbocycles. The summed E-state index contributed by atoms with van der Waals surface area (Å²) >= 11 is 0. The molecule has 2 N–H and O–H groups in total. The molecule has 7 nitrogen and oxygen atoms in total. The van der Waals surface area contributed by atoms with Gasteiger partial charge >= 0.3 is 0 Å². The smallest absolute Gasteiger partial charge is 0.170 e. The van der Waals surface area contributed by atoms with Crippen LogP contribution in [-0.4, -0.2) is 51.7 Å². The third-order valence-electron chi connectivity index (χ3n) is 2.93. The second-order valence-electron chi connectivity index (χ2n) is 4.39. The van der Waals surface area contributed by atoms with Crippen molar-refractivity contribution in [2.24, 2.45) is 0 Å². The lowest BCUT2D eigenvalue weighted by molar-refractivity contribution is 0.147. The Kier molecular flexibility index (Phi) is 5.60. The third-order valence-corrected chi connectivity index (χ3v) is 2.93. The van der Waals surface area contributed by atoms with Gasteiger partial charge in [0.05, 0.1) is 18.8 Å². The van der Waals surface area contributed by atoms with Gasteiger partial charge in [0.1, 0.15) is 0 Å². The highest BCUT2D eigenvalue weighted by molar-refractivity contribution is 5.30. The van der Waals surface area contributed by atoms with Crippen LogP contribution < -0.4 is 5.32 Å². The number of benzene rings is 1. The lowest BCUT2D eigenvalue weighted by Crippen LogP contribution is -2.34. The van der Waals surface area contributed by atoms with Crippen LogP contribution in [0.25, 0.3) is 5.69 Å². The first-order valence-electron chi connectivity index (χ1n) is 6.51. The van der Waals surface area contributed by atoms with Gasteiger partial charge in [-0.3, -0.25) is 0 Å². The Labute approximate surface area is 117 Å². The molecule has 0 aliphatic rings. The number of aliphatic hydroxyl groups is 1. The van der Waals surface area contributed by atoms with E-state index in [1.165, 1.54) is 0 Å². The highest BCUT2D eigenvalue weighted by atomic mass is 16.5. The average Bonchev–Trinajstić information content (AvgIpc) is 2.94. The fourth-order valence-corrected chi connectivity index (χ4v) is 1.92. The van der Waals surface area contributed by atoms with Crippen LogP contribution in [0.1, 0.15) is 12.2 Å². The normalized spacial score (nSPS) is 12.5. The molecule has 2 aromatic rings. The fourth-order valence-electron chi connectivity index (χ4n) is 1.92. The number of hydrogen-bond acceptors (Lipinski definition) is 6. The number of nitrogens with zero attached hydrogens (tertiary/aromatic N) is 4. The van der Waals surface area contributed by atoms with E-state index in [0.29, 0.717) is 19.6 Å². The van der Waals surface area contributed by atoms with E-state index in [-0.39, 0.29) is 12.6 Å². The fraction of sp³-hybridized carbons (Fsp3) is 0.462. The Morgan fingerprint density at radius 3 is 2.85 bits per heavy atom. The maximum Gasteiger partial charge on any atom is 0.170 e. The molecule has 0 radical (unpaired) electrons. The number of ether oxygens (including phenoxy) is 1. The van der Waals surface area contributed by atoms with Gasteiger partial charge in [-0.15, -0.1) is 5.10 Å². The predicted molar refractivity (Wildman–Crippen MR) is 73.4 cm³/mol. The van der Waals surface area contributed by atoms with Gasteiger partial charge in [-0.2, -0.15) is 4.68 Å². The second-order valence-corrected chi connectivity index (χ2v) is 4.39. The van der Waals surface area contributed by atoms with Crippen LogP contribution in [0.2, 0.25) is 0 Å². The van der Waals surface area contributed by atoms with Crippen molar-refractivity contribution in [3.05, 3.63) is 36.2 Å². The molecule has 1 aromatic heterocycles. The summed E-state index contributed by atoms with van der Waals surface area (Å²) in [6.07, 6.45) is 0.626. The predicted octanol–water partition coefficient (Wildman–Crippen LogP) is 0.149. The quantitative estimate of drug-likeness (QED) is 0.714. The Bertz CT molecular complexity index is 496. The van der Waals surface area contributed by atoms with Crippen LogP contribution in [0.5, 0.6) is 0 Å². The molecular formula is C13H19N5O2. The minimum atomic E-state index is 0.0749. The van der Waals surface area contributed by atoms with Gasteiger partial charge in [-0.1, -0.05) is 18.2 Å². The first kappa shape index (κ1) is 14.6. The van der Waals surface area contributed by atoms with E-state index in [1.54, 1.807) is 11.8 Å². The number of tetrazole rings is 1. The van der Waals surface area contributed by atoms with Crippen LogP contribution in [0.3, 0.4) is 0 Å². The molecule has 7 heteroatoms. The molecule has 0 aliphatic heterocycles. The van der Waals surface area contributed by atoms with Gasteiger partial charge in [-0.05, 0) is 29.0 Å². The molecule has 0 saturated carbocycles. The third kappa shape index (κ3) is 3.83. The van der Waals surface area contributed by atoms with Crippen molar-refractivity contribution in [1.29, 1.82) is 0 Å². The summed E-state index contributed by atoms with van der Waals surface area (Å²) in [6, 6.07) is 9.79. The Hall–Kier alpha value is -1.83. The van der Waals surface area contributed by atoms with E-state index in [9.17, 15) is 0 Å². The highest BCUT2D eigenvalue weighted by Crippen LogP contribution is 2.07.